The minimum absolute atomic E-state index is 0.0610. The number of carbonyl (C=O) groups is 2. The minimum atomic E-state index is -4.12. The predicted molar refractivity (Wildman–Crippen MR) is 112 cm³/mol. The van der Waals surface area contributed by atoms with E-state index in [2.05, 4.69) is 16.8 Å². The Balaban J connectivity index is 2.09. The molecule has 0 saturated heterocycles. The quantitative estimate of drug-likeness (QED) is 0.288. The summed E-state index contributed by atoms with van der Waals surface area (Å²) in [6, 6.07) is 13.1. The van der Waals surface area contributed by atoms with Crippen molar-refractivity contribution >= 4 is 21.9 Å². The minimum Gasteiger partial charge on any atom is -0.497 e. The molecular formula is C21H24N2O7S. The molecule has 10 heteroatoms. The molecule has 0 aliphatic rings. The molecule has 2 aromatic rings. The normalized spacial score (nSPS) is 11.9. The Hall–Kier alpha value is -3.21. The highest BCUT2D eigenvalue weighted by atomic mass is 32.2. The van der Waals surface area contributed by atoms with Crippen molar-refractivity contribution in [2.75, 3.05) is 13.7 Å². The second-order valence-corrected chi connectivity index (χ2v) is 7.98. The van der Waals surface area contributed by atoms with Crippen LogP contribution >= 0.6 is 0 Å². The van der Waals surface area contributed by atoms with Crippen LogP contribution in [0, 0.1) is 0 Å². The van der Waals surface area contributed by atoms with Gasteiger partial charge in [-0.2, -0.15) is 4.72 Å². The molecule has 0 saturated carbocycles. The molecule has 2 N–H and O–H groups in total. The second-order valence-electron chi connectivity index (χ2n) is 6.27. The molecule has 0 bridgehead atoms. The van der Waals surface area contributed by atoms with Gasteiger partial charge in [0.25, 0.3) is 5.91 Å². The van der Waals surface area contributed by atoms with Crippen LogP contribution in [0.1, 0.15) is 12.0 Å². The fourth-order valence-corrected chi connectivity index (χ4v) is 3.61. The molecule has 0 radical (unpaired) electrons. The van der Waals surface area contributed by atoms with Crippen molar-refractivity contribution in [2.24, 2.45) is 0 Å². The van der Waals surface area contributed by atoms with Crippen LogP contribution in [0.4, 0.5) is 0 Å². The first kappa shape index (κ1) is 24.1. The molecule has 0 aliphatic carbocycles. The van der Waals surface area contributed by atoms with Gasteiger partial charge >= 0.3 is 5.97 Å². The number of benzene rings is 2. The lowest BCUT2D eigenvalue weighted by atomic mass is 10.2. The molecule has 2 aromatic carbocycles. The van der Waals surface area contributed by atoms with E-state index >= 15 is 0 Å². The van der Waals surface area contributed by atoms with E-state index in [9.17, 15) is 18.0 Å². The van der Waals surface area contributed by atoms with E-state index in [0.717, 1.165) is 5.56 Å². The molecule has 1 amide bonds. The molecule has 0 aromatic heterocycles. The fraction of sp³-hybridized carbons (Fsp3) is 0.238. The largest absolute Gasteiger partial charge is 0.497 e. The maximum atomic E-state index is 12.7. The standard InChI is InChI=1S/C21H24N2O7S/c1-3-13-29-20(24)14-19(21(25)22-30-15-16-7-5-4-6-8-16)23-31(26,27)18-11-9-17(28-2)10-12-18/h3-12,19,23H,1,13-15H2,2H3,(H,22,25)/t19-/m1/s1. The van der Waals surface area contributed by atoms with Crippen LogP contribution in [0.25, 0.3) is 0 Å². The highest BCUT2D eigenvalue weighted by Crippen LogP contribution is 2.16. The van der Waals surface area contributed by atoms with Gasteiger partial charge in [-0.3, -0.25) is 14.4 Å². The monoisotopic (exact) mass is 448 g/mol. The molecule has 0 unspecified atom stereocenters. The number of methoxy groups -OCH3 is 1. The summed E-state index contributed by atoms with van der Waals surface area (Å²) in [6.07, 6.45) is 0.821. The number of sulfonamides is 1. The molecule has 1 atom stereocenters. The molecule has 166 valence electrons. The van der Waals surface area contributed by atoms with Gasteiger partial charge in [-0.05, 0) is 29.8 Å². The van der Waals surface area contributed by atoms with Gasteiger partial charge in [0.1, 0.15) is 18.4 Å². The van der Waals surface area contributed by atoms with E-state index in [1.54, 1.807) is 12.1 Å². The number of carbonyl (C=O) groups excluding carboxylic acids is 2. The van der Waals surface area contributed by atoms with Gasteiger partial charge in [0.05, 0.1) is 25.0 Å². The Morgan fingerprint density at radius 3 is 2.39 bits per heavy atom. The van der Waals surface area contributed by atoms with Crippen LogP contribution in [0.3, 0.4) is 0 Å². The zero-order chi connectivity index (χ0) is 22.7. The number of hydrogen-bond acceptors (Lipinski definition) is 7. The van der Waals surface area contributed by atoms with Crippen LogP contribution in [0.2, 0.25) is 0 Å². The van der Waals surface area contributed by atoms with Crippen LogP contribution in [-0.2, 0) is 35.8 Å². The molecule has 0 fully saturated rings. The summed E-state index contributed by atoms with van der Waals surface area (Å²) >= 11 is 0. The van der Waals surface area contributed by atoms with Gasteiger partial charge in [-0.1, -0.05) is 43.0 Å². The van der Waals surface area contributed by atoms with Gasteiger partial charge in [0, 0.05) is 0 Å². The highest BCUT2D eigenvalue weighted by molar-refractivity contribution is 7.89. The lowest BCUT2D eigenvalue weighted by Crippen LogP contribution is -2.47. The SMILES string of the molecule is C=CCOC(=O)C[C@@H](NS(=O)(=O)c1ccc(OC)cc1)C(=O)NOCc1ccccc1. The average molecular weight is 448 g/mol. The number of hydroxylamine groups is 1. The first-order valence-electron chi connectivity index (χ1n) is 9.24. The Bertz CT molecular complexity index is 977. The zero-order valence-electron chi connectivity index (χ0n) is 16.9. The van der Waals surface area contributed by atoms with E-state index in [0.29, 0.717) is 5.75 Å². The number of esters is 1. The van der Waals surface area contributed by atoms with Crippen molar-refractivity contribution in [3.63, 3.8) is 0 Å². The first-order valence-corrected chi connectivity index (χ1v) is 10.7. The number of ether oxygens (including phenoxy) is 2. The summed E-state index contributed by atoms with van der Waals surface area (Å²) < 4.78 is 37.5. The van der Waals surface area contributed by atoms with Crippen LogP contribution in [-0.4, -0.2) is 40.1 Å². The maximum absolute atomic E-state index is 12.7. The third kappa shape index (κ3) is 7.85. The van der Waals surface area contributed by atoms with Crippen molar-refractivity contribution in [1.82, 2.24) is 10.2 Å². The summed E-state index contributed by atoms with van der Waals surface area (Å²) in [5, 5.41) is 0. The van der Waals surface area contributed by atoms with Gasteiger partial charge in [-0.25, -0.2) is 13.9 Å². The van der Waals surface area contributed by atoms with Gasteiger partial charge in [0.2, 0.25) is 10.0 Å². The topological polar surface area (TPSA) is 120 Å². The van der Waals surface area contributed by atoms with Crippen molar-refractivity contribution in [3.8, 4) is 5.75 Å². The third-order valence-electron chi connectivity index (χ3n) is 3.97. The summed E-state index contributed by atoms with van der Waals surface area (Å²) in [6.45, 7) is 3.43. The summed E-state index contributed by atoms with van der Waals surface area (Å²) in [7, 11) is -2.67. The first-order chi connectivity index (χ1) is 14.9. The maximum Gasteiger partial charge on any atom is 0.308 e. The third-order valence-corrected chi connectivity index (χ3v) is 5.46. The lowest BCUT2D eigenvalue weighted by Gasteiger charge is -2.18. The molecular weight excluding hydrogens is 424 g/mol. The molecule has 0 heterocycles. The van der Waals surface area contributed by atoms with Crippen molar-refractivity contribution in [1.29, 1.82) is 0 Å². The lowest BCUT2D eigenvalue weighted by molar-refractivity contribution is -0.147. The predicted octanol–water partition coefficient (Wildman–Crippen LogP) is 1.71. The van der Waals surface area contributed by atoms with Crippen molar-refractivity contribution < 1.29 is 32.3 Å². The Morgan fingerprint density at radius 2 is 1.77 bits per heavy atom. The molecule has 0 spiro atoms. The van der Waals surface area contributed by atoms with E-state index in [4.69, 9.17) is 14.3 Å². The van der Waals surface area contributed by atoms with Crippen molar-refractivity contribution in [2.45, 2.75) is 24.0 Å². The van der Waals surface area contributed by atoms with Gasteiger partial charge in [-0.15, -0.1) is 0 Å². The highest BCUT2D eigenvalue weighted by Gasteiger charge is 2.29. The number of rotatable bonds is 12. The number of amides is 1. The molecule has 31 heavy (non-hydrogen) atoms. The average Bonchev–Trinajstić information content (AvgIpc) is 2.77. The zero-order valence-corrected chi connectivity index (χ0v) is 17.8. The van der Waals surface area contributed by atoms with E-state index in [1.807, 2.05) is 18.2 Å². The van der Waals surface area contributed by atoms with E-state index < -0.39 is 34.4 Å². The number of nitrogens with one attached hydrogen (secondary N) is 2. The molecule has 2 rings (SSSR count). The number of hydrogen-bond donors (Lipinski definition) is 2. The molecule has 9 nitrogen and oxygen atoms in total. The summed E-state index contributed by atoms with van der Waals surface area (Å²) in [5.74, 6) is -1.15. The van der Waals surface area contributed by atoms with E-state index in [-0.39, 0.29) is 18.1 Å². The molecule has 0 aliphatic heterocycles. The second kappa shape index (κ2) is 11.8. The summed E-state index contributed by atoms with van der Waals surface area (Å²) in [5.41, 5.74) is 2.97. The Labute approximate surface area is 181 Å². The van der Waals surface area contributed by atoms with Crippen molar-refractivity contribution in [3.05, 3.63) is 72.8 Å². The van der Waals surface area contributed by atoms with Crippen LogP contribution in [0.5, 0.6) is 5.75 Å². The van der Waals surface area contributed by atoms with Gasteiger partial charge < -0.3 is 9.47 Å². The summed E-state index contributed by atoms with van der Waals surface area (Å²) in [4.78, 5) is 29.6. The Morgan fingerprint density at radius 1 is 1.10 bits per heavy atom. The smallest absolute Gasteiger partial charge is 0.308 e. The van der Waals surface area contributed by atoms with Crippen LogP contribution in [0.15, 0.2) is 72.1 Å². The van der Waals surface area contributed by atoms with E-state index in [1.165, 1.54) is 37.5 Å². The van der Waals surface area contributed by atoms with Crippen LogP contribution < -0.4 is 14.9 Å². The Kier molecular flexibility index (Phi) is 9.19. The van der Waals surface area contributed by atoms with Gasteiger partial charge in [0.15, 0.2) is 0 Å². The fourth-order valence-electron chi connectivity index (χ4n) is 2.41.